The molecule has 0 aromatic rings. The Hall–Kier alpha value is -1.30. The van der Waals surface area contributed by atoms with E-state index in [1.807, 2.05) is 6.08 Å². The van der Waals surface area contributed by atoms with Gasteiger partial charge in [0, 0.05) is 24.3 Å². The molecule has 6 aliphatic rings. The normalized spacial score (nSPS) is 53.7. The SMILES string of the molecule is C[N+]1(C)CC[C@@]23C4=C5C[C@@H]1[C@@H]2C=C[C@H](O)[C@@H]3OC4=C(O)C1OC51. The van der Waals surface area contributed by atoms with Gasteiger partial charge in [-0.1, -0.05) is 12.2 Å². The molecular weight excluding hydrogens is 294 g/mol. The number of allylic oxidation sites excluding steroid dienone is 1. The van der Waals surface area contributed by atoms with Gasteiger partial charge in [0.2, 0.25) is 0 Å². The average molecular weight is 316 g/mol. The molecule has 3 fully saturated rings. The fraction of sp³-hybridized carbons (Fsp3) is 0.667. The zero-order valence-electron chi connectivity index (χ0n) is 13.4. The minimum absolute atomic E-state index is 0.0394. The quantitative estimate of drug-likeness (QED) is 0.398. The maximum absolute atomic E-state index is 10.6. The van der Waals surface area contributed by atoms with Gasteiger partial charge in [0.15, 0.2) is 11.5 Å². The number of quaternary nitrogens is 1. The number of epoxide rings is 1. The average Bonchev–Trinajstić information content (AvgIpc) is 3.23. The molecule has 0 radical (unpaired) electrons. The molecule has 5 heteroatoms. The van der Waals surface area contributed by atoms with Crippen LogP contribution in [0.25, 0.3) is 0 Å². The molecule has 3 heterocycles. The molecule has 0 aromatic carbocycles. The summed E-state index contributed by atoms with van der Waals surface area (Å²) in [6.07, 6.45) is 5.08. The first-order valence-corrected chi connectivity index (χ1v) is 8.63. The van der Waals surface area contributed by atoms with Crippen molar-refractivity contribution in [2.45, 2.75) is 43.3 Å². The van der Waals surface area contributed by atoms with Crippen LogP contribution in [0.1, 0.15) is 12.8 Å². The van der Waals surface area contributed by atoms with Crippen LogP contribution >= 0.6 is 0 Å². The second-order valence-corrected chi connectivity index (χ2v) is 8.60. The molecule has 0 aromatic heterocycles. The van der Waals surface area contributed by atoms with Crippen LogP contribution in [-0.4, -0.2) is 65.8 Å². The fourth-order valence-electron chi connectivity index (χ4n) is 6.17. The van der Waals surface area contributed by atoms with Crippen molar-refractivity contribution in [3.05, 3.63) is 34.8 Å². The maximum Gasteiger partial charge on any atom is 0.167 e. The number of hydrogen-bond donors (Lipinski definition) is 2. The lowest BCUT2D eigenvalue weighted by molar-refractivity contribution is -0.926. The zero-order valence-corrected chi connectivity index (χ0v) is 13.4. The van der Waals surface area contributed by atoms with Gasteiger partial charge < -0.3 is 24.2 Å². The van der Waals surface area contributed by atoms with Crippen LogP contribution in [-0.2, 0) is 9.47 Å². The highest BCUT2D eigenvalue weighted by Gasteiger charge is 2.72. The molecule has 3 saturated heterocycles. The highest BCUT2D eigenvalue weighted by atomic mass is 16.6. The predicted molar refractivity (Wildman–Crippen MR) is 81.3 cm³/mol. The minimum Gasteiger partial charge on any atom is -0.506 e. The van der Waals surface area contributed by atoms with E-state index in [4.69, 9.17) is 9.47 Å². The lowest BCUT2D eigenvalue weighted by atomic mass is 9.52. The molecule has 7 atom stereocenters. The van der Waals surface area contributed by atoms with Crippen LogP contribution in [0.15, 0.2) is 34.8 Å². The number of likely N-dealkylation sites (tertiary alicyclic amines) is 1. The number of piperidine rings is 1. The van der Waals surface area contributed by atoms with E-state index in [9.17, 15) is 10.2 Å². The number of ether oxygens (including phenoxy) is 2. The summed E-state index contributed by atoms with van der Waals surface area (Å²) >= 11 is 0. The smallest absolute Gasteiger partial charge is 0.167 e. The highest BCUT2D eigenvalue weighted by molar-refractivity contribution is 5.56. The van der Waals surface area contributed by atoms with Crippen molar-refractivity contribution in [3.63, 3.8) is 0 Å². The van der Waals surface area contributed by atoms with Gasteiger partial charge in [-0.05, 0) is 5.57 Å². The van der Waals surface area contributed by atoms with E-state index >= 15 is 0 Å². The van der Waals surface area contributed by atoms with Gasteiger partial charge >= 0.3 is 0 Å². The second kappa shape index (κ2) is 3.53. The van der Waals surface area contributed by atoms with Gasteiger partial charge in [-0.25, -0.2) is 0 Å². The first-order valence-electron chi connectivity index (χ1n) is 8.63. The molecule has 3 aliphatic heterocycles. The number of fused-ring (bicyclic) bond motifs is 2. The van der Waals surface area contributed by atoms with Gasteiger partial charge in [0.25, 0.3) is 0 Å². The first kappa shape index (κ1) is 13.0. The largest absolute Gasteiger partial charge is 0.506 e. The van der Waals surface area contributed by atoms with Gasteiger partial charge in [0.1, 0.15) is 24.4 Å². The molecule has 3 aliphatic carbocycles. The summed E-state index contributed by atoms with van der Waals surface area (Å²) < 4.78 is 13.0. The van der Waals surface area contributed by atoms with E-state index in [1.165, 1.54) is 11.1 Å². The number of nitrogens with zero attached hydrogens (tertiary/aromatic N) is 1. The van der Waals surface area contributed by atoms with Gasteiger partial charge in [-0.15, -0.1) is 0 Å². The molecule has 2 N–H and O–H groups in total. The molecule has 2 bridgehead atoms. The van der Waals surface area contributed by atoms with Crippen LogP contribution in [0.4, 0.5) is 0 Å². The van der Waals surface area contributed by atoms with E-state index in [1.54, 1.807) is 0 Å². The number of rotatable bonds is 0. The van der Waals surface area contributed by atoms with E-state index < -0.39 is 6.10 Å². The zero-order chi connectivity index (χ0) is 15.7. The summed E-state index contributed by atoms with van der Waals surface area (Å²) in [6, 6.07) is 0.488. The number of hydrogen-bond acceptors (Lipinski definition) is 4. The maximum atomic E-state index is 10.6. The number of aliphatic hydroxyl groups excluding tert-OH is 2. The van der Waals surface area contributed by atoms with Crippen molar-refractivity contribution in [2.24, 2.45) is 11.3 Å². The third kappa shape index (κ3) is 1.23. The topological polar surface area (TPSA) is 62.2 Å². The summed E-state index contributed by atoms with van der Waals surface area (Å²) in [6.45, 7) is 1.07. The van der Waals surface area contributed by atoms with Gasteiger partial charge in [0.05, 0.1) is 32.1 Å². The molecule has 23 heavy (non-hydrogen) atoms. The van der Waals surface area contributed by atoms with Crippen LogP contribution in [0.5, 0.6) is 0 Å². The number of aliphatic hydroxyl groups is 2. The van der Waals surface area contributed by atoms with Crippen LogP contribution in [0, 0.1) is 11.3 Å². The Morgan fingerprint density at radius 1 is 1.26 bits per heavy atom. The van der Waals surface area contributed by atoms with Crippen molar-refractivity contribution >= 4 is 0 Å². The van der Waals surface area contributed by atoms with Gasteiger partial charge in [-0.2, -0.15) is 0 Å². The van der Waals surface area contributed by atoms with E-state index in [-0.39, 0.29) is 29.5 Å². The molecule has 1 spiro atoms. The Bertz CT molecular complexity index is 735. The summed E-state index contributed by atoms with van der Waals surface area (Å²) in [5, 5.41) is 21.1. The van der Waals surface area contributed by atoms with Crippen LogP contribution in [0.2, 0.25) is 0 Å². The molecule has 0 amide bonds. The van der Waals surface area contributed by atoms with E-state index in [0.29, 0.717) is 17.7 Å². The fourth-order valence-corrected chi connectivity index (χ4v) is 6.17. The molecule has 5 nitrogen and oxygen atoms in total. The molecule has 122 valence electrons. The Morgan fingerprint density at radius 3 is 2.91 bits per heavy atom. The third-order valence-corrected chi connectivity index (χ3v) is 7.37. The first-order chi connectivity index (χ1) is 10.9. The Balaban J connectivity index is 1.67. The lowest BCUT2D eigenvalue weighted by Crippen LogP contribution is -2.67. The van der Waals surface area contributed by atoms with Gasteiger partial charge in [-0.3, -0.25) is 0 Å². The Morgan fingerprint density at radius 2 is 2.09 bits per heavy atom. The minimum atomic E-state index is -0.601. The lowest BCUT2D eigenvalue weighted by Gasteiger charge is -2.58. The molecule has 6 rings (SSSR count). The van der Waals surface area contributed by atoms with Crippen LogP contribution < -0.4 is 0 Å². The third-order valence-electron chi connectivity index (χ3n) is 7.37. The molecule has 2 unspecified atom stereocenters. The van der Waals surface area contributed by atoms with E-state index in [2.05, 4.69) is 20.2 Å². The second-order valence-electron chi connectivity index (χ2n) is 8.60. The van der Waals surface area contributed by atoms with Crippen molar-refractivity contribution < 1.29 is 24.2 Å². The molecule has 0 saturated carbocycles. The van der Waals surface area contributed by atoms with E-state index in [0.717, 1.165) is 23.9 Å². The van der Waals surface area contributed by atoms with Crippen molar-refractivity contribution in [1.82, 2.24) is 0 Å². The Kier molecular flexibility index (Phi) is 2.00. The standard InChI is InChI=1S/C18H21NO4/c1-19(2)6-5-18-9-3-4-11(20)17(18)23-15-12(18)8(7-10(9)19)14-16(22-14)13(15)21/h3-4,9-11,14,16-17,20H,5-7H2,1-2H3/p+1/t9-,10+,11-,14?,16?,17-,18-/m0/s1. The summed E-state index contributed by atoms with van der Waals surface area (Å²) in [7, 11) is 4.63. The Labute approximate surface area is 135 Å². The molecular formula is C18H22NO4+. The van der Waals surface area contributed by atoms with Crippen molar-refractivity contribution in [3.8, 4) is 0 Å². The summed E-state index contributed by atoms with van der Waals surface area (Å²) in [4.78, 5) is 0. The monoisotopic (exact) mass is 316 g/mol. The van der Waals surface area contributed by atoms with Crippen molar-refractivity contribution in [2.75, 3.05) is 20.6 Å². The summed E-state index contributed by atoms with van der Waals surface area (Å²) in [5.41, 5.74) is 2.34. The predicted octanol–water partition coefficient (Wildman–Crippen LogP) is 1.02. The summed E-state index contributed by atoms with van der Waals surface area (Å²) in [5.74, 6) is 1.24. The van der Waals surface area contributed by atoms with Crippen molar-refractivity contribution in [1.29, 1.82) is 0 Å². The van der Waals surface area contributed by atoms with Crippen LogP contribution in [0.3, 0.4) is 0 Å². The highest BCUT2D eigenvalue weighted by Crippen LogP contribution is 2.68.